The van der Waals surface area contributed by atoms with Crippen LogP contribution in [-0.4, -0.2) is 29.1 Å². The molecule has 7 atom stereocenters. The van der Waals surface area contributed by atoms with Crippen LogP contribution < -0.4 is 4.90 Å². The van der Waals surface area contributed by atoms with Crippen molar-refractivity contribution in [3.8, 4) is 0 Å². The summed E-state index contributed by atoms with van der Waals surface area (Å²) < 4.78 is 0. The zero-order valence-corrected chi connectivity index (χ0v) is 28.1. The van der Waals surface area contributed by atoms with E-state index in [1.54, 1.807) is 16.8 Å². The van der Waals surface area contributed by atoms with Gasteiger partial charge in [0.2, 0.25) is 0 Å². The predicted octanol–water partition coefficient (Wildman–Crippen LogP) is 10.6. The molecule has 2 aliphatic heterocycles. The van der Waals surface area contributed by atoms with Gasteiger partial charge in [0.15, 0.2) is 0 Å². The minimum Gasteiger partial charge on any atom is -0.363 e. The standard InChI is InChI=1S/C47H44N2/c1-2-11-32(12-3-1)33-21-26-37(27-22-33)48-44-18-8-7-17-40(44)42-31-36(25-30-47(42)48)34-23-28-41-39-16-6-9-19-45(39)49(46(41)29-24-34)43-20-10-14-35-13-4-5-15-38(35)43/h1-3,5-8,10-12,14-18,20-26,28,30-31,37-38,40-41,43-44,46H,4,9,13,19,27,29H2. The number of rotatable bonds is 4. The average molecular weight is 637 g/mol. The minimum atomic E-state index is 0.347. The lowest BCUT2D eigenvalue weighted by molar-refractivity contribution is 0.187. The second-order valence-electron chi connectivity index (χ2n) is 14.9. The molecule has 2 aromatic rings. The molecule has 10 rings (SSSR count). The second-order valence-corrected chi connectivity index (χ2v) is 14.9. The average Bonchev–Trinajstić information content (AvgIpc) is 3.57. The zero-order valence-electron chi connectivity index (χ0n) is 28.1. The van der Waals surface area contributed by atoms with Crippen molar-refractivity contribution in [2.75, 3.05) is 4.90 Å². The van der Waals surface area contributed by atoms with Crippen LogP contribution in [0, 0.1) is 11.8 Å². The summed E-state index contributed by atoms with van der Waals surface area (Å²) in [5.41, 5.74) is 13.0. The van der Waals surface area contributed by atoms with E-state index in [1.807, 2.05) is 0 Å². The van der Waals surface area contributed by atoms with Gasteiger partial charge >= 0.3 is 0 Å². The van der Waals surface area contributed by atoms with Gasteiger partial charge in [0, 0.05) is 35.2 Å². The Balaban J connectivity index is 0.959. The molecule has 0 bridgehead atoms. The molecule has 7 unspecified atom stereocenters. The van der Waals surface area contributed by atoms with Gasteiger partial charge in [0.1, 0.15) is 0 Å². The summed E-state index contributed by atoms with van der Waals surface area (Å²) in [6.45, 7) is 0. The fraction of sp³-hybridized carbons (Fsp3) is 0.277. The van der Waals surface area contributed by atoms with Crippen molar-refractivity contribution in [1.82, 2.24) is 4.90 Å². The van der Waals surface area contributed by atoms with E-state index in [-0.39, 0.29) is 0 Å². The summed E-state index contributed by atoms with van der Waals surface area (Å²) in [7, 11) is 0. The van der Waals surface area contributed by atoms with Crippen molar-refractivity contribution in [2.45, 2.75) is 68.6 Å². The van der Waals surface area contributed by atoms with Gasteiger partial charge in [-0.15, -0.1) is 0 Å². The molecule has 0 amide bonds. The molecule has 0 radical (unpaired) electrons. The molecule has 2 heterocycles. The maximum atomic E-state index is 2.86. The fourth-order valence-corrected chi connectivity index (χ4v) is 10.1. The van der Waals surface area contributed by atoms with Crippen LogP contribution in [0.3, 0.4) is 0 Å². The van der Waals surface area contributed by atoms with Crippen LogP contribution in [0.1, 0.15) is 61.1 Å². The van der Waals surface area contributed by atoms with Crippen molar-refractivity contribution < 1.29 is 0 Å². The molecule has 2 heteroatoms. The minimum absolute atomic E-state index is 0.347. The van der Waals surface area contributed by atoms with Gasteiger partial charge in [-0.2, -0.15) is 0 Å². The first-order valence-electron chi connectivity index (χ1n) is 18.6. The Labute approximate surface area is 291 Å². The van der Waals surface area contributed by atoms with E-state index >= 15 is 0 Å². The van der Waals surface area contributed by atoms with Gasteiger partial charge in [-0.25, -0.2) is 0 Å². The number of nitrogens with zero attached hydrogens (tertiary/aromatic N) is 2. The maximum absolute atomic E-state index is 2.86. The highest BCUT2D eigenvalue weighted by Gasteiger charge is 2.44. The Morgan fingerprint density at radius 1 is 0.592 bits per heavy atom. The monoisotopic (exact) mass is 636 g/mol. The topological polar surface area (TPSA) is 6.48 Å². The third-order valence-corrected chi connectivity index (χ3v) is 12.3. The number of fused-ring (bicyclic) bond motifs is 6. The van der Waals surface area contributed by atoms with Gasteiger partial charge in [-0.3, -0.25) is 0 Å². The molecular formula is C47H44N2. The Hall–Kier alpha value is -4.82. The van der Waals surface area contributed by atoms with E-state index in [4.69, 9.17) is 0 Å². The molecule has 0 N–H and O–H groups in total. The zero-order chi connectivity index (χ0) is 32.3. The van der Waals surface area contributed by atoms with Crippen molar-refractivity contribution in [3.05, 3.63) is 185 Å². The van der Waals surface area contributed by atoms with Gasteiger partial charge in [0.05, 0.1) is 18.1 Å². The molecule has 2 nitrogen and oxygen atoms in total. The van der Waals surface area contributed by atoms with Crippen LogP contribution in [0.4, 0.5) is 5.69 Å². The number of anilines is 1. The number of hydrogen-bond acceptors (Lipinski definition) is 2. The fourth-order valence-electron chi connectivity index (χ4n) is 10.1. The Bertz CT molecular complexity index is 2020. The second kappa shape index (κ2) is 11.9. The van der Waals surface area contributed by atoms with Crippen LogP contribution in [0.5, 0.6) is 0 Å². The number of allylic oxidation sites excluding steroid dienone is 12. The Morgan fingerprint density at radius 2 is 1.41 bits per heavy atom. The van der Waals surface area contributed by atoms with Crippen molar-refractivity contribution in [3.63, 3.8) is 0 Å². The summed E-state index contributed by atoms with van der Waals surface area (Å²) in [4.78, 5) is 5.54. The summed E-state index contributed by atoms with van der Waals surface area (Å²) >= 11 is 0. The van der Waals surface area contributed by atoms with Crippen LogP contribution in [-0.2, 0) is 0 Å². The molecule has 0 saturated heterocycles. The predicted molar refractivity (Wildman–Crippen MR) is 205 cm³/mol. The van der Waals surface area contributed by atoms with Crippen molar-refractivity contribution >= 4 is 16.8 Å². The van der Waals surface area contributed by atoms with E-state index in [9.17, 15) is 0 Å². The smallest absolute Gasteiger partial charge is 0.0586 e. The maximum Gasteiger partial charge on any atom is 0.0586 e. The molecule has 242 valence electrons. The lowest BCUT2D eigenvalue weighted by Gasteiger charge is -2.43. The third-order valence-electron chi connectivity index (χ3n) is 12.3. The highest BCUT2D eigenvalue weighted by Crippen LogP contribution is 2.50. The molecular weight excluding hydrogens is 593 g/mol. The van der Waals surface area contributed by atoms with Crippen LogP contribution >= 0.6 is 0 Å². The summed E-state index contributed by atoms with van der Waals surface area (Å²) in [6.07, 6.45) is 47.8. The largest absolute Gasteiger partial charge is 0.363 e. The van der Waals surface area contributed by atoms with Crippen LogP contribution in [0.25, 0.3) is 11.1 Å². The van der Waals surface area contributed by atoms with Crippen LogP contribution in [0.15, 0.2) is 169 Å². The summed E-state index contributed by atoms with van der Waals surface area (Å²) in [6, 6.07) is 19.7. The first kappa shape index (κ1) is 29.1. The van der Waals surface area contributed by atoms with E-state index in [0.717, 1.165) is 25.7 Å². The van der Waals surface area contributed by atoms with Gasteiger partial charge in [-0.05, 0) is 84.1 Å². The molecule has 6 aliphatic carbocycles. The molecule has 49 heavy (non-hydrogen) atoms. The normalized spacial score (nSPS) is 31.8. The van der Waals surface area contributed by atoms with Gasteiger partial charge in [0.25, 0.3) is 0 Å². The highest BCUT2D eigenvalue weighted by molar-refractivity contribution is 5.80. The van der Waals surface area contributed by atoms with Crippen molar-refractivity contribution in [1.29, 1.82) is 0 Å². The van der Waals surface area contributed by atoms with E-state index in [1.165, 1.54) is 46.4 Å². The molecule has 0 aromatic heterocycles. The van der Waals surface area contributed by atoms with E-state index in [2.05, 4.69) is 162 Å². The van der Waals surface area contributed by atoms with E-state index in [0.29, 0.717) is 41.9 Å². The first-order chi connectivity index (χ1) is 24.3. The quantitative estimate of drug-likeness (QED) is 0.308. The molecule has 0 saturated carbocycles. The van der Waals surface area contributed by atoms with E-state index < -0.39 is 0 Å². The van der Waals surface area contributed by atoms with Gasteiger partial charge in [-0.1, -0.05) is 145 Å². The van der Waals surface area contributed by atoms with Crippen molar-refractivity contribution in [2.24, 2.45) is 11.8 Å². The molecule has 0 fully saturated rings. The summed E-state index contributed by atoms with van der Waals surface area (Å²) in [5, 5.41) is 0. The molecule has 2 aromatic carbocycles. The van der Waals surface area contributed by atoms with Crippen LogP contribution in [0.2, 0.25) is 0 Å². The van der Waals surface area contributed by atoms with Gasteiger partial charge < -0.3 is 9.80 Å². The molecule has 0 spiro atoms. The number of benzene rings is 2. The third kappa shape index (κ3) is 4.83. The SMILES string of the molecule is C1=CC2c3cc(C4=CCC5C(C=C4)C4=C(CCC=C4)N5C4C=CC=C5CCC=CC54)ccc3N(C3C=CC(c4ccccc4)=CC3)C2C=C1. The lowest BCUT2D eigenvalue weighted by Crippen LogP contribution is -2.45. The Morgan fingerprint density at radius 3 is 2.33 bits per heavy atom. The highest BCUT2D eigenvalue weighted by atomic mass is 15.2. The molecule has 8 aliphatic rings. The Kier molecular flexibility index (Phi) is 7.10. The first-order valence-corrected chi connectivity index (χ1v) is 18.6. The lowest BCUT2D eigenvalue weighted by atomic mass is 9.80. The number of hydrogen-bond donors (Lipinski definition) is 0. The summed E-state index contributed by atoms with van der Waals surface area (Å²) in [5.74, 6) is 1.31.